The summed E-state index contributed by atoms with van der Waals surface area (Å²) in [4.78, 5) is 13.9. The van der Waals surface area contributed by atoms with E-state index in [1.54, 1.807) is 6.07 Å². The fourth-order valence-corrected chi connectivity index (χ4v) is 1.80. The second-order valence-electron chi connectivity index (χ2n) is 3.48. The van der Waals surface area contributed by atoms with Gasteiger partial charge in [-0.1, -0.05) is 0 Å². The molecule has 0 aliphatic heterocycles. The first-order valence-corrected chi connectivity index (χ1v) is 6.68. The van der Waals surface area contributed by atoms with Gasteiger partial charge in [-0.25, -0.2) is 4.98 Å². The van der Waals surface area contributed by atoms with Gasteiger partial charge in [0.1, 0.15) is 5.82 Å². The van der Waals surface area contributed by atoms with Gasteiger partial charge >= 0.3 is 5.69 Å². The highest BCUT2D eigenvalue weighted by Gasteiger charge is 2.12. The van der Waals surface area contributed by atoms with Gasteiger partial charge in [-0.3, -0.25) is 10.1 Å². The van der Waals surface area contributed by atoms with Gasteiger partial charge in [0.05, 0.1) is 4.92 Å². The number of rotatable bonds is 7. The summed E-state index contributed by atoms with van der Waals surface area (Å²) in [5.74, 6) is 1.67. The van der Waals surface area contributed by atoms with E-state index in [9.17, 15) is 10.1 Å². The number of nitrogens with one attached hydrogen (secondary N) is 1. The second-order valence-corrected chi connectivity index (χ2v) is 4.47. The van der Waals surface area contributed by atoms with Crippen LogP contribution in [0.2, 0.25) is 0 Å². The fraction of sp³-hybridized carbons (Fsp3) is 0.500. The van der Waals surface area contributed by atoms with Gasteiger partial charge in [0, 0.05) is 12.6 Å². The van der Waals surface area contributed by atoms with Crippen LogP contribution in [-0.2, 0) is 0 Å². The Hall–Kier alpha value is -1.50. The van der Waals surface area contributed by atoms with Crippen molar-refractivity contribution in [2.45, 2.75) is 12.8 Å². The van der Waals surface area contributed by atoms with Gasteiger partial charge in [-0.15, -0.1) is 0 Å². The number of nitrogens with zero attached hydrogens (tertiary/aromatic N) is 2. The maximum absolute atomic E-state index is 10.5. The summed E-state index contributed by atoms with van der Waals surface area (Å²) in [5, 5.41) is 13.6. The number of pyridine rings is 1. The molecule has 0 radical (unpaired) electrons. The lowest BCUT2D eigenvalue weighted by Gasteiger charge is -2.05. The third-order valence-electron chi connectivity index (χ3n) is 2.18. The summed E-state index contributed by atoms with van der Waals surface area (Å²) >= 11 is 1.82. The normalized spacial score (nSPS) is 10.2. The van der Waals surface area contributed by atoms with Crippen molar-refractivity contribution in [2.24, 2.45) is 0 Å². The molecule has 7 heteroatoms. The minimum absolute atomic E-state index is 0.0517. The maximum Gasteiger partial charge on any atom is 0.311 e. The molecule has 0 aromatic carbocycles. The van der Waals surface area contributed by atoms with Crippen molar-refractivity contribution in [3.8, 4) is 0 Å². The number of nitrogen functional groups attached to an aromatic ring is 1. The number of unbranched alkanes of at least 4 members (excludes halogenated alkanes) is 1. The van der Waals surface area contributed by atoms with Crippen LogP contribution in [0.5, 0.6) is 0 Å². The Kier molecular flexibility index (Phi) is 5.55. The molecular weight excluding hydrogens is 240 g/mol. The maximum atomic E-state index is 10.5. The molecule has 0 atom stereocenters. The van der Waals surface area contributed by atoms with Crippen molar-refractivity contribution in [2.75, 3.05) is 29.6 Å². The van der Waals surface area contributed by atoms with Gasteiger partial charge in [-0.05, 0) is 30.9 Å². The number of aromatic nitrogens is 1. The molecule has 0 fully saturated rings. The predicted molar refractivity (Wildman–Crippen MR) is 71.4 cm³/mol. The molecule has 0 amide bonds. The molecule has 0 saturated heterocycles. The van der Waals surface area contributed by atoms with Crippen LogP contribution in [0.3, 0.4) is 0 Å². The highest BCUT2D eigenvalue weighted by molar-refractivity contribution is 7.98. The molecule has 17 heavy (non-hydrogen) atoms. The first kappa shape index (κ1) is 13.6. The number of anilines is 2. The summed E-state index contributed by atoms with van der Waals surface area (Å²) in [6.07, 6.45) is 4.25. The van der Waals surface area contributed by atoms with Crippen LogP contribution in [0, 0.1) is 10.1 Å². The third-order valence-corrected chi connectivity index (χ3v) is 2.88. The van der Waals surface area contributed by atoms with Gasteiger partial charge in [0.25, 0.3) is 0 Å². The average Bonchev–Trinajstić information content (AvgIpc) is 2.28. The van der Waals surface area contributed by atoms with Crippen LogP contribution in [0.15, 0.2) is 12.1 Å². The van der Waals surface area contributed by atoms with E-state index in [0.717, 1.165) is 25.1 Å². The zero-order chi connectivity index (χ0) is 12.7. The summed E-state index contributed by atoms with van der Waals surface area (Å²) in [5.41, 5.74) is 5.32. The highest BCUT2D eigenvalue weighted by Crippen LogP contribution is 2.20. The number of nitro groups is 1. The van der Waals surface area contributed by atoms with Crippen molar-refractivity contribution >= 4 is 29.1 Å². The van der Waals surface area contributed by atoms with E-state index in [-0.39, 0.29) is 11.5 Å². The monoisotopic (exact) mass is 256 g/mol. The minimum Gasteiger partial charge on any atom is -0.378 e. The topological polar surface area (TPSA) is 94.1 Å². The third kappa shape index (κ3) is 4.48. The largest absolute Gasteiger partial charge is 0.378 e. The zero-order valence-corrected chi connectivity index (χ0v) is 10.5. The van der Waals surface area contributed by atoms with Crippen LogP contribution in [0.4, 0.5) is 17.3 Å². The van der Waals surface area contributed by atoms with Crippen LogP contribution in [0.1, 0.15) is 12.8 Å². The van der Waals surface area contributed by atoms with Crippen molar-refractivity contribution in [3.05, 3.63) is 22.2 Å². The van der Waals surface area contributed by atoms with E-state index < -0.39 is 4.92 Å². The Balaban J connectivity index is 2.45. The first-order chi connectivity index (χ1) is 8.15. The van der Waals surface area contributed by atoms with Crippen molar-refractivity contribution < 1.29 is 4.92 Å². The molecule has 0 aliphatic rings. The van der Waals surface area contributed by atoms with Crippen LogP contribution < -0.4 is 11.1 Å². The quantitative estimate of drug-likeness (QED) is 0.441. The molecule has 0 saturated carbocycles. The fourth-order valence-electron chi connectivity index (χ4n) is 1.31. The van der Waals surface area contributed by atoms with E-state index >= 15 is 0 Å². The summed E-state index contributed by atoms with van der Waals surface area (Å²) in [7, 11) is 0. The number of hydrogen-bond donors (Lipinski definition) is 2. The second kappa shape index (κ2) is 6.95. The van der Waals surface area contributed by atoms with E-state index in [4.69, 9.17) is 5.73 Å². The molecule has 94 valence electrons. The smallest absolute Gasteiger partial charge is 0.311 e. The van der Waals surface area contributed by atoms with E-state index in [1.807, 2.05) is 11.8 Å². The SMILES string of the molecule is CSCCCCNc1ccc([N+](=O)[O-])c(N)n1. The van der Waals surface area contributed by atoms with Gasteiger partial charge < -0.3 is 11.1 Å². The standard InChI is InChI=1S/C10H16N4O2S/c1-17-7-3-2-6-12-9-5-4-8(14(15)16)10(11)13-9/h4-5H,2-3,6-7H2,1H3,(H3,11,12,13). The molecule has 1 heterocycles. The van der Waals surface area contributed by atoms with Crippen LogP contribution >= 0.6 is 11.8 Å². The van der Waals surface area contributed by atoms with Crippen LogP contribution in [0.25, 0.3) is 0 Å². The molecule has 1 aromatic heterocycles. The lowest BCUT2D eigenvalue weighted by molar-refractivity contribution is -0.384. The number of hydrogen-bond acceptors (Lipinski definition) is 6. The van der Waals surface area contributed by atoms with Crippen molar-refractivity contribution in [1.29, 1.82) is 0 Å². The lowest BCUT2D eigenvalue weighted by Crippen LogP contribution is -2.06. The average molecular weight is 256 g/mol. The number of thioether (sulfide) groups is 1. The van der Waals surface area contributed by atoms with Gasteiger partial charge in [0.15, 0.2) is 0 Å². The first-order valence-electron chi connectivity index (χ1n) is 5.29. The zero-order valence-electron chi connectivity index (χ0n) is 9.68. The van der Waals surface area contributed by atoms with E-state index in [1.165, 1.54) is 6.07 Å². The Bertz CT molecular complexity index is 387. The Labute approximate surface area is 104 Å². The Morgan fingerprint density at radius 1 is 1.53 bits per heavy atom. The molecule has 3 N–H and O–H groups in total. The Morgan fingerprint density at radius 3 is 2.88 bits per heavy atom. The van der Waals surface area contributed by atoms with Gasteiger partial charge in [-0.2, -0.15) is 11.8 Å². The summed E-state index contributed by atoms with van der Waals surface area (Å²) < 4.78 is 0. The molecule has 0 unspecified atom stereocenters. The molecule has 1 aromatic rings. The molecule has 0 aliphatic carbocycles. The minimum atomic E-state index is -0.537. The summed E-state index contributed by atoms with van der Waals surface area (Å²) in [6.45, 7) is 0.796. The predicted octanol–water partition coefficient (Wildman–Crippen LogP) is 2.13. The lowest BCUT2D eigenvalue weighted by atomic mass is 10.3. The van der Waals surface area contributed by atoms with E-state index in [0.29, 0.717) is 5.82 Å². The molecular formula is C10H16N4O2S. The summed E-state index contributed by atoms with van der Waals surface area (Å²) in [6, 6.07) is 2.94. The highest BCUT2D eigenvalue weighted by atomic mass is 32.2. The van der Waals surface area contributed by atoms with Gasteiger partial charge in [0.2, 0.25) is 5.82 Å². The van der Waals surface area contributed by atoms with Crippen LogP contribution in [-0.4, -0.2) is 28.5 Å². The number of nitrogens with two attached hydrogens (primary N) is 1. The van der Waals surface area contributed by atoms with E-state index in [2.05, 4.69) is 16.6 Å². The Morgan fingerprint density at radius 2 is 2.29 bits per heavy atom. The molecule has 0 spiro atoms. The van der Waals surface area contributed by atoms with Crippen molar-refractivity contribution in [3.63, 3.8) is 0 Å². The molecule has 1 rings (SSSR count). The molecule has 6 nitrogen and oxygen atoms in total. The van der Waals surface area contributed by atoms with Crippen molar-refractivity contribution in [1.82, 2.24) is 4.98 Å². The molecule has 0 bridgehead atoms.